The van der Waals surface area contributed by atoms with E-state index in [1.54, 1.807) is 18.4 Å². The fourth-order valence-corrected chi connectivity index (χ4v) is 2.39. The van der Waals surface area contributed by atoms with Gasteiger partial charge in [-0.15, -0.1) is 11.3 Å². The van der Waals surface area contributed by atoms with Gasteiger partial charge in [0.2, 0.25) is 0 Å². The Labute approximate surface area is 118 Å². The molecule has 5 nitrogen and oxygen atoms in total. The van der Waals surface area contributed by atoms with Gasteiger partial charge in [0.25, 0.3) is 5.91 Å². The van der Waals surface area contributed by atoms with Gasteiger partial charge in [-0.05, 0) is 13.0 Å². The topological polar surface area (TPSA) is 72.0 Å². The zero-order chi connectivity index (χ0) is 14.0. The molecule has 0 saturated heterocycles. The second kappa shape index (κ2) is 5.46. The Hall–Kier alpha value is -1.79. The minimum atomic E-state index is -0.401. The van der Waals surface area contributed by atoms with Crippen LogP contribution in [0.2, 0.25) is 5.02 Å². The molecule has 2 aromatic heterocycles. The maximum atomic E-state index is 12.0. The largest absolute Gasteiger partial charge is 0.298 e. The average Bonchev–Trinajstić information content (AvgIpc) is 2.77. The maximum Gasteiger partial charge on any atom is 0.260 e. The lowest BCUT2D eigenvalue weighted by Gasteiger charge is -2.04. The fourth-order valence-electron chi connectivity index (χ4n) is 1.35. The van der Waals surface area contributed by atoms with Crippen LogP contribution in [0, 0.1) is 6.92 Å². The molecule has 0 radical (unpaired) electrons. The normalized spacial score (nSPS) is 10.3. The highest BCUT2D eigenvalue weighted by atomic mass is 35.5. The summed E-state index contributed by atoms with van der Waals surface area (Å²) in [6.45, 7) is 3.20. The summed E-state index contributed by atoms with van der Waals surface area (Å²) in [5.74, 6) is -0.547. The van der Waals surface area contributed by atoms with Crippen LogP contribution in [-0.2, 0) is 0 Å². The Balaban J connectivity index is 2.18. The van der Waals surface area contributed by atoms with Crippen molar-refractivity contribution in [2.24, 2.45) is 0 Å². The smallest absolute Gasteiger partial charge is 0.260 e. The number of hydrogen-bond acceptors (Lipinski definition) is 5. The van der Waals surface area contributed by atoms with Crippen LogP contribution in [0.25, 0.3) is 0 Å². The summed E-state index contributed by atoms with van der Waals surface area (Å²) in [6.07, 6.45) is 1.41. The number of anilines is 1. The third-order valence-electron chi connectivity index (χ3n) is 2.32. The van der Waals surface area contributed by atoms with Crippen molar-refractivity contribution < 1.29 is 9.59 Å². The summed E-state index contributed by atoms with van der Waals surface area (Å²) in [7, 11) is 0. The summed E-state index contributed by atoms with van der Waals surface area (Å²) < 4.78 is 0. The zero-order valence-electron chi connectivity index (χ0n) is 10.2. The van der Waals surface area contributed by atoms with Crippen molar-refractivity contribution >= 4 is 39.8 Å². The van der Waals surface area contributed by atoms with Gasteiger partial charge >= 0.3 is 0 Å². The van der Waals surface area contributed by atoms with Crippen LogP contribution >= 0.6 is 22.9 Å². The van der Waals surface area contributed by atoms with Gasteiger partial charge in [-0.3, -0.25) is 19.9 Å². The number of aromatic nitrogens is 2. The molecule has 7 heteroatoms. The SMILES string of the molecule is CC(=O)c1csc(NC(=O)c2cnc(C)cc2Cl)n1. The zero-order valence-corrected chi connectivity index (χ0v) is 11.8. The lowest BCUT2D eigenvalue weighted by atomic mass is 10.2. The molecule has 0 spiro atoms. The standard InChI is InChI=1S/C12H10ClN3O2S/c1-6-3-9(13)8(4-14-6)11(18)16-12-15-10(5-19-12)7(2)17/h3-5H,1-2H3,(H,15,16,18). The predicted octanol–water partition coefficient (Wildman–Crippen LogP) is 2.95. The molecule has 98 valence electrons. The van der Waals surface area contributed by atoms with Crippen LogP contribution in [0.3, 0.4) is 0 Å². The molecule has 2 aromatic rings. The number of rotatable bonds is 3. The first kappa shape index (κ1) is 13.6. The summed E-state index contributed by atoms with van der Waals surface area (Å²) >= 11 is 7.16. The van der Waals surface area contributed by atoms with Gasteiger partial charge in [-0.2, -0.15) is 0 Å². The van der Waals surface area contributed by atoms with E-state index in [1.807, 2.05) is 0 Å². The molecular weight excluding hydrogens is 286 g/mol. The molecule has 0 aromatic carbocycles. The number of carbonyl (C=O) groups excluding carboxylic acids is 2. The molecule has 0 bridgehead atoms. The molecule has 0 atom stereocenters. The van der Waals surface area contributed by atoms with E-state index in [0.29, 0.717) is 15.8 Å². The Kier molecular flexibility index (Phi) is 3.92. The predicted molar refractivity (Wildman–Crippen MR) is 74.1 cm³/mol. The quantitative estimate of drug-likeness (QED) is 0.884. The first-order valence-electron chi connectivity index (χ1n) is 5.37. The summed E-state index contributed by atoms with van der Waals surface area (Å²) in [5, 5.41) is 4.86. The maximum absolute atomic E-state index is 12.0. The molecule has 2 heterocycles. The molecule has 0 fully saturated rings. The van der Waals surface area contributed by atoms with Crippen molar-refractivity contribution in [3.63, 3.8) is 0 Å². The number of amides is 1. The van der Waals surface area contributed by atoms with E-state index < -0.39 is 5.91 Å². The van der Waals surface area contributed by atoms with Crippen molar-refractivity contribution in [1.82, 2.24) is 9.97 Å². The molecule has 0 aliphatic heterocycles. The minimum absolute atomic E-state index is 0.146. The number of thiazole rings is 1. The Morgan fingerprint density at radius 3 is 2.74 bits per heavy atom. The van der Waals surface area contributed by atoms with E-state index in [9.17, 15) is 9.59 Å². The van der Waals surface area contributed by atoms with E-state index in [4.69, 9.17) is 11.6 Å². The number of halogens is 1. The van der Waals surface area contributed by atoms with Gasteiger partial charge in [0.05, 0.1) is 10.6 Å². The van der Waals surface area contributed by atoms with E-state index >= 15 is 0 Å². The molecule has 1 N–H and O–H groups in total. The molecule has 0 saturated carbocycles. The monoisotopic (exact) mass is 295 g/mol. The molecule has 19 heavy (non-hydrogen) atoms. The first-order valence-corrected chi connectivity index (χ1v) is 6.63. The molecule has 0 unspecified atom stereocenters. The van der Waals surface area contributed by atoms with Crippen LogP contribution in [0.5, 0.6) is 0 Å². The number of Topliss-reactive ketones (excluding diaryl/α,β-unsaturated/α-hetero) is 1. The average molecular weight is 296 g/mol. The molecule has 2 rings (SSSR count). The Morgan fingerprint density at radius 1 is 1.42 bits per heavy atom. The van der Waals surface area contributed by atoms with Crippen molar-refractivity contribution in [3.05, 3.63) is 39.6 Å². The summed E-state index contributed by atoms with van der Waals surface area (Å²) in [6, 6.07) is 1.61. The molecule has 0 aliphatic rings. The Bertz CT molecular complexity index is 654. The minimum Gasteiger partial charge on any atom is -0.298 e. The van der Waals surface area contributed by atoms with Crippen LogP contribution in [-0.4, -0.2) is 21.7 Å². The second-order valence-corrected chi connectivity index (χ2v) is 5.12. The Morgan fingerprint density at radius 2 is 2.16 bits per heavy atom. The number of ketones is 1. The lowest BCUT2D eigenvalue weighted by molar-refractivity contribution is 0.100. The van der Waals surface area contributed by atoms with Crippen molar-refractivity contribution in [2.45, 2.75) is 13.8 Å². The van der Waals surface area contributed by atoms with Crippen LogP contribution in [0.15, 0.2) is 17.6 Å². The van der Waals surface area contributed by atoms with E-state index in [1.165, 1.54) is 24.5 Å². The number of hydrogen-bond donors (Lipinski definition) is 1. The van der Waals surface area contributed by atoms with Gasteiger partial charge in [0.1, 0.15) is 5.69 Å². The van der Waals surface area contributed by atoms with Crippen LogP contribution in [0.1, 0.15) is 33.5 Å². The van der Waals surface area contributed by atoms with Gasteiger partial charge in [-0.1, -0.05) is 11.6 Å². The number of pyridine rings is 1. The molecule has 0 aliphatic carbocycles. The summed E-state index contributed by atoms with van der Waals surface area (Å²) in [5.41, 5.74) is 1.33. The highest BCUT2D eigenvalue weighted by Crippen LogP contribution is 2.20. The van der Waals surface area contributed by atoms with E-state index in [0.717, 1.165) is 5.69 Å². The van der Waals surface area contributed by atoms with Gasteiger partial charge < -0.3 is 0 Å². The van der Waals surface area contributed by atoms with Crippen molar-refractivity contribution in [1.29, 1.82) is 0 Å². The first-order chi connectivity index (χ1) is 8.97. The third kappa shape index (κ3) is 3.15. The third-order valence-corrected chi connectivity index (χ3v) is 3.39. The van der Waals surface area contributed by atoms with Gasteiger partial charge in [0, 0.05) is 24.2 Å². The second-order valence-electron chi connectivity index (χ2n) is 3.85. The van der Waals surface area contributed by atoms with E-state index in [-0.39, 0.29) is 11.3 Å². The van der Waals surface area contributed by atoms with Gasteiger partial charge in [0.15, 0.2) is 10.9 Å². The van der Waals surface area contributed by atoms with Crippen molar-refractivity contribution in [2.75, 3.05) is 5.32 Å². The van der Waals surface area contributed by atoms with Crippen molar-refractivity contribution in [3.8, 4) is 0 Å². The summed E-state index contributed by atoms with van der Waals surface area (Å²) in [4.78, 5) is 31.1. The molecule has 1 amide bonds. The van der Waals surface area contributed by atoms with E-state index in [2.05, 4.69) is 15.3 Å². The number of nitrogens with one attached hydrogen (secondary N) is 1. The van der Waals surface area contributed by atoms with Crippen LogP contribution in [0.4, 0.5) is 5.13 Å². The van der Waals surface area contributed by atoms with Gasteiger partial charge in [-0.25, -0.2) is 4.98 Å². The number of carbonyl (C=O) groups is 2. The fraction of sp³-hybridized carbons (Fsp3) is 0.167. The lowest BCUT2D eigenvalue weighted by Crippen LogP contribution is -2.13. The molecular formula is C12H10ClN3O2S. The van der Waals surface area contributed by atoms with Crippen LogP contribution < -0.4 is 5.32 Å². The highest BCUT2D eigenvalue weighted by Gasteiger charge is 2.14. The highest BCUT2D eigenvalue weighted by molar-refractivity contribution is 7.14. The number of nitrogens with zero attached hydrogens (tertiary/aromatic N) is 2. The number of aryl methyl sites for hydroxylation is 1.